The lowest BCUT2D eigenvalue weighted by molar-refractivity contribution is 0.979. The summed E-state index contributed by atoms with van der Waals surface area (Å²) in [4.78, 5) is 16.5. The SMILES string of the molecule is Cc1ccn2c(=O)cc(CSc3nnc(C)s3)nc2c1. The molecule has 3 aromatic heterocycles. The quantitative estimate of drug-likeness (QED) is 0.696. The zero-order chi connectivity index (χ0) is 14.1. The van der Waals surface area contributed by atoms with Gasteiger partial charge in [-0.25, -0.2) is 4.98 Å². The molecular formula is C13H12N4OS2. The number of thioether (sulfide) groups is 1. The van der Waals surface area contributed by atoms with Gasteiger partial charge in [0.2, 0.25) is 0 Å². The van der Waals surface area contributed by atoms with Crippen LogP contribution in [-0.2, 0) is 5.75 Å². The molecule has 3 rings (SSSR count). The lowest BCUT2D eigenvalue weighted by Crippen LogP contribution is -2.15. The zero-order valence-corrected chi connectivity index (χ0v) is 12.7. The molecule has 7 heteroatoms. The lowest BCUT2D eigenvalue weighted by atomic mass is 10.3. The van der Waals surface area contributed by atoms with Gasteiger partial charge in [-0.3, -0.25) is 9.20 Å². The van der Waals surface area contributed by atoms with Crippen molar-refractivity contribution in [2.45, 2.75) is 23.9 Å². The molecule has 0 fully saturated rings. The van der Waals surface area contributed by atoms with Crippen LogP contribution in [-0.4, -0.2) is 19.6 Å². The first-order valence-corrected chi connectivity index (χ1v) is 7.84. The molecule has 0 aromatic carbocycles. The van der Waals surface area contributed by atoms with Crippen LogP contribution in [0, 0.1) is 13.8 Å². The maximum Gasteiger partial charge on any atom is 0.258 e. The summed E-state index contributed by atoms with van der Waals surface area (Å²) >= 11 is 3.10. The Kier molecular flexibility index (Phi) is 3.54. The maximum absolute atomic E-state index is 12.0. The van der Waals surface area contributed by atoms with Crippen LogP contribution in [0.5, 0.6) is 0 Å². The van der Waals surface area contributed by atoms with Gasteiger partial charge >= 0.3 is 0 Å². The smallest absolute Gasteiger partial charge is 0.258 e. The van der Waals surface area contributed by atoms with Crippen molar-refractivity contribution in [1.82, 2.24) is 19.6 Å². The van der Waals surface area contributed by atoms with Gasteiger partial charge in [-0.05, 0) is 31.5 Å². The van der Waals surface area contributed by atoms with Gasteiger partial charge in [0.1, 0.15) is 10.7 Å². The molecule has 20 heavy (non-hydrogen) atoms. The Morgan fingerprint density at radius 1 is 1.30 bits per heavy atom. The first kappa shape index (κ1) is 13.3. The summed E-state index contributed by atoms with van der Waals surface area (Å²) in [6.07, 6.45) is 1.75. The molecule has 0 aliphatic carbocycles. The second kappa shape index (κ2) is 5.34. The molecular weight excluding hydrogens is 292 g/mol. The molecule has 0 aliphatic heterocycles. The van der Waals surface area contributed by atoms with Crippen molar-refractivity contribution >= 4 is 28.7 Å². The van der Waals surface area contributed by atoms with Crippen molar-refractivity contribution in [3.05, 3.63) is 51.0 Å². The highest BCUT2D eigenvalue weighted by molar-refractivity contribution is 8.00. The third kappa shape index (κ3) is 2.73. The van der Waals surface area contributed by atoms with Crippen molar-refractivity contribution in [3.8, 4) is 0 Å². The third-order valence-corrected chi connectivity index (χ3v) is 4.73. The second-order valence-corrected chi connectivity index (χ2v) is 6.80. The minimum atomic E-state index is -0.0564. The minimum absolute atomic E-state index is 0.0564. The van der Waals surface area contributed by atoms with Crippen molar-refractivity contribution < 1.29 is 0 Å². The van der Waals surface area contributed by atoms with Gasteiger partial charge < -0.3 is 0 Å². The van der Waals surface area contributed by atoms with Crippen molar-refractivity contribution in [1.29, 1.82) is 0 Å². The topological polar surface area (TPSA) is 60.2 Å². The normalized spacial score (nSPS) is 11.1. The molecule has 0 atom stereocenters. The van der Waals surface area contributed by atoms with Crippen LogP contribution in [0.15, 0.2) is 33.5 Å². The van der Waals surface area contributed by atoms with E-state index < -0.39 is 0 Å². The number of aromatic nitrogens is 4. The average molecular weight is 304 g/mol. The maximum atomic E-state index is 12.0. The van der Waals surface area contributed by atoms with Crippen molar-refractivity contribution in [3.63, 3.8) is 0 Å². The van der Waals surface area contributed by atoms with E-state index in [1.54, 1.807) is 39.8 Å². The highest BCUT2D eigenvalue weighted by Gasteiger charge is 2.06. The van der Waals surface area contributed by atoms with Gasteiger partial charge in [-0.15, -0.1) is 10.2 Å². The summed E-state index contributed by atoms with van der Waals surface area (Å²) in [6.45, 7) is 3.91. The Morgan fingerprint density at radius 3 is 2.90 bits per heavy atom. The van der Waals surface area contributed by atoms with Crippen LogP contribution >= 0.6 is 23.1 Å². The summed E-state index contributed by atoms with van der Waals surface area (Å²) in [5, 5.41) is 8.96. The predicted octanol–water partition coefficient (Wildman–Crippen LogP) is 2.46. The molecule has 3 heterocycles. The van der Waals surface area contributed by atoms with Crippen molar-refractivity contribution in [2.75, 3.05) is 0 Å². The first-order chi connectivity index (χ1) is 9.61. The van der Waals surface area contributed by atoms with Crippen LogP contribution in [0.3, 0.4) is 0 Å². The summed E-state index contributed by atoms with van der Waals surface area (Å²) in [5.74, 6) is 0.619. The number of aryl methyl sites for hydroxylation is 2. The van der Waals surface area contributed by atoms with E-state index >= 15 is 0 Å². The fourth-order valence-electron chi connectivity index (χ4n) is 1.80. The van der Waals surface area contributed by atoms with E-state index in [0.717, 1.165) is 20.6 Å². The average Bonchev–Trinajstić information content (AvgIpc) is 2.82. The van der Waals surface area contributed by atoms with Gasteiger partial charge in [-0.2, -0.15) is 0 Å². The van der Waals surface area contributed by atoms with E-state index in [9.17, 15) is 4.79 Å². The number of nitrogens with zero attached hydrogens (tertiary/aromatic N) is 4. The molecule has 3 aromatic rings. The van der Waals surface area contributed by atoms with Gasteiger partial charge in [0.25, 0.3) is 5.56 Å². The molecule has 0 spiro atoms. The third-order valence-electron chi connectivity index (χ3n) is 2.73. The Hall–Kier alpha value is -1.73. The Balaban J connectivity index is 1.90. The van der Waals surface area contributed by atoms with Gasteiger partial charge in [0, 0.05) is 18.0 Å². The molecule has 0 unspecified atom stereocenters. The van der Waals surface area contributed by atoms with Gasteiger partial charge in [0.05, 0.1) is 5.69 Å². The second-order valence-electron chi connectivity index (χ2n) is 4.39. The highest BCUT2D eigenvalue weighted by atomic mass is 32.2. The molecule has 0 bridgehead atoms. The lowest BCUT2D eigenvalue weighted by Gasteiger charge is -2.03. The molecule has 0 radical (unpaired) electrons. The molecule has 0 saturated heterocycles. The van der Waals surface area contributed by atoms with E-state index in [1.807, 2.05) is 26.0 Å². The molecule has 0 aliphatic rings. The fraction of sp³-hybridized carbons (Fsp3) is 0.231. The molecule has 0 N–H and O–H groups in total. The van der Waals surface area contributed by atoms with Crippen LogP contribution in [0.2, 0.25) is 0 Å². The number of fused-ring (bicyclic) bond motifs is 1. The molecule has 0 saturated carbocycles. The zero-order valence-electron chi connectivity index (χ0n) is 11.0. The predicted molar refractivity (Wildman–Crippen MR) is 80.4 cm³/mol. The van der Waals surface area contributed by atoms with Crippen molar-refractivity contribution in [2.24, 2.45) is 0 Å². The van der Waals surface area contributed by atoms with E-state index in [4.69, 9.17) is 0 Å². The minimum Gasteiger partial charge on any atom is -0.269 e. The highest BCUT2D eigenvalue weighted by Crippen LogP contribution is 2.24. The van der Waals surface area contributed by atoms with Gasteiger partial charge in [-0.1, -0.05) is 23.1 Å². The fourth-order valence-corrected chi connectivity index (χ4v) is 3.51. The molecule has 5 nitrogen and oxygen atoms in total. The standard InChI is InChI=1S/C13H12N4OS2/c1-8-3-4-17-11(5-8)14-10(6-12(17)18)7-19-13-16-15-9(2)20-13/h3-6H,7H2,1-2H3. The Labute approximate surface area is 123 Å². The Morgan fingerprint density at radius 2 is 2.15 bits per heavy atom. The first-order valence-electron chi connectivity index (χ1n) is 6.04. The van der Waals surface area contributed by atoms with E-state index in [0.29, 0.717) is 11.4 Å². The monoisotopic (exact) mass is 304 g/mol. The Bertz CT molecular complexity index is 825. The largest absolute Gasteiger partial charge is 0.269 e. The van der Waals surface area contributed by atoms with Crippen LogP contribution in [0.25, 0.3) is 5.65 Å². The van der Waals surface area contributed by atoms with Crippen LogP contribution in [0.1, 0.15) is 16.3 Å². The summed E-state index contributed by atoms with van der Waals surface area (Å²) in [7, 11) is 0. The van der Waals surface area contributed by atoms with E-state index in [1.165, 1.54) is 0 Å². The van der Waals surface area contributed by atoms with E-state index in [2.05, 4.69) is 15.2 Å². The summed E-state index contributed by atoms with van der Waals surface area (Å²) in [5.41, 5.74) is 2.47. The number of rotatable bonds is 3. The van der Waals surface area contributed by atoms with Crippen LogP contribution < -0.4 is 5.56 Å². The number of hydrogen-bond acceptors (Lipinski definition) is 6. The number of pyridine rings is 1. The van der Waals surface area contributed by atoms with E-state index in [-0.39, 0.29) is 5.56 Å². The van der Waals surface area contributed by atoms with Crippen LogP contribution in [0.4, 0.5) is 0 Å². The summed E-state index contributed by atoms with van der Waals surface area (Å²) in [6, 6.07) is 5.38. The number of hydrogen-bond donors (Lipinski definition) is 0. The molecule has 102 valence electrons. The molecule has 0 amide bonds. The van der Waals surface area contributed by atoms with Gasteiger partial charge in [0.15, 0.2) is 4.34 Å². The summed E-state index contributed by atoms with van der Waals surface area (Å²) < 4.78 is 2.45.